The van der Waals surface area contributed by atoms with Crippen LogP contribution < -0.4 is 5.73 Å². The standard InChI is InChI=1S/C9H11NO3S/c10-8(6-14(12)13)9(11)7-4-2-1-3-5-7/h1-5,8H,6,10H2,(H,12,13). The van der Waals surface area contributed by atoms with Crippen molar-refractivity contribution in [1.29, 1.82) is 0 Å². The van der Waals surface area contributed by atoms with E-state index in [-0.39, 0.29) is 11.5 Å². The molecule has 1 aromatic carbocycles. The third-order valence-electron chi connectivity index (χ3n) is 1.72. The van der Waals surface area contributed by atoms with Crippen molar-refractivity contribution < 1.29 is 13.6 Å². The molecule has 0 spiro atoms. The van der Waals surface area contributed by atoms with Gasteiger partial charge in [0.2, 0.25) is 0 Å². The van der Waals surface area contributed by atoms with Crippen LogP contribution in [0.5, 0.6) is 0 Å². The molecule has 0 aromatic heterocycles. The summed E-state index contributed by atoms with van der Waals surface area (Å²) in [6.45, 7) is 0. The van der Waals surface area contributed by atoms with Crippen LogP contribution in [-0.4, -0.2) is 26.3 Å². The van der Waals surface area contributed by atoms with Gasteiger partial charge in [-0.15, -0.1) is 0 Å². The van der Waals surface area contributed by atoms with E-state index in [2.05, 4.69) is 0 Å². The Labute approximate surface area is 84.4 Å². The summed E-state index contributed by atoms with van der Waals surface area (Å²) in [7, 11) is 0. The second kappa shape index (κ2) is 4.99. The van der Waals surface area contributed by atoms with Gasteiger partial charge in [-0.25, -0.2) is 4.21 Å². The number of nitrogens with two attached hydrogens (primary N) is 1. The van der Waals surface area contributed by atoms with E-state index >= 15 is 0 Å². The van der Waals surface area contributed by atoms with Crippen LogP contribution in [0.4, 0.5) is 0 Å². The molecule has 2 atom stereocenters. The van der Waals surface area contributed by atoms with Crippen LogP contribution in [0.25, 0.3) is 0 Å². The third-order valence-corrected chi connectivity index (χ3v) is 2.36. The molecule has 0 aliphatic carbocycles. The first-order chi connectivity index (χ1) is 6.61. The van der Waals surface area contributed by atoms with Crippen LogP contribution >= 0.6 is 0 Å². The Hall–Kier alpha value is -1.04. The fourth-order valence-electron chi connectivity index (χ4n) is 1.05. The summed E-state index contributed by atoms with van der Waals surface area (Å²) < 4.78 is 19.0. The molecule has 0 aliphatic heterocycles. The molecule has 4 nitrogen and oxygen atoms in total. The summed E-state index contributed by atoms with van der Waals surface area (Å²) in [4.78, 5) is 11.5. The zero-order valence-electron chi connectivity index (χ0n) is 7.42. The largest absolute Gasteiger partial charge is 0.320 e. The van der Waals surface area contributed by atoms with Crippen molar-refractivity contribution in [3.8, 4) is 0 Å². The van der Waals surface area contributed by atoms with E-state index in [0.29, 0.717) is 5.56 Å². The fraction of sp³-hybridized carbons (Fsp3) is 0.222. The monoisotopic (exact) mass is 213 g/mol. The van der Waals surface area contributed by atoms with Crippen molar-refractivity contribution in [3.05, 3.63) is 35.9 Å². The van der Waals surface area contributed by atoms with Crippen LogP contribution in [0.1, 0.15) is 10.4 Å². The minimum absolute atomic E-state index is 0.228. The Morgan fingerprint density at radius 1 is 1.43 bits per heavy atom. The predicted octanol–water partition coefficient (Wildman–Crippen LogP) is 0.418. The molecule has 3 N–H and O–H groups in total. The summed E-state index contributed by atoms with van der Waals surface area (Å²) >= 11 is -2.04. The Bertz CT molecular complexity index is 339. The molecule has 0 radical (unpaired) electrons. The molecule has 0 saturated heterocycles. The Balaban J connectivity index is 2.71. The number of rotatable bonds is 4. The molecule has 76 valence electrons. The van der Waals surface area contributed by atoms with Gasteiger partial charge in [-0.3, -0.25) is 4.79 Å². The SMILES string of the molecule is NC(CS(=O)O)C(=O)c1ccccc1. The van der Waals surface area contributed by atoms with Crippen molar-refractivity contribution in [2.24, 2.45) is 5.73 Å². The lowest BCUT2D eigenvalue weighted by Crippen LogP contribution is -2.35. The number of Topliss-reactive ketones (excluding diaryl/α,β-unsaturated/α-hetero) is 1. The molecule has 0 bridgehead atoms. The highest BCUT2D eigenvalue weighted by Crippen LogP contribution is 2.02. The molecule has 0 aliphatic rings. The highest BCUT2D eigenvalue weighted by atomic mass is 32.2. The number of benzene rings is 1. The maximum atomic E-state index is 11.5. The number of hydrogen-bond donors (Lipinski definition) is 2. The molecule has 5 heteroatoms. The van der Waals surface area contributed by atoms with E-state index in [9.17, 15) is 9.00 Å². The average Bonchev–Trinajstić information content (AvgIpc) is 2.17. The van der Waals surface area contributed by atoms with Crippen molar-refractivity contribution >= 4 is 16.9 Å². The maximum Gasteiger partial charge on any atom is 0.180 e. The Morgan fingerprint density at radius 2 is 2.00 bits per heavy atom. The zero-order chi connectivity index (χ0) is 10.6. The third kappa shape index (κ3) is 3.02. The van der Waals surface area contributed by atoms with E-state index in [0.717, 1.165) is 0 Å². The minimum Gasteiger partial charge on any atom is -0.320 e. The highest BCUT2D eigenvalue weighted by Gasteiger charge is 2.17. The minimum atomic E-state index is -2.04. The first kappa shape index (κ1) is 11.0. The lowest BCUT2D eigenvalue weighted by molar-refractivity contribution is 0.0968. The lowest BCUT2D eigenvalue weighted by atomic mass is 10.1. The van der Waals surface area contributed by atoms with Gasteiger partial charge in [-0.2, -0.15) is 0 Å². The van der Waals surface area contributed by atoms with Crippen LogP contribution in [0.3, 0.4) is 0 Å². The van der Waals surface area contributed by atoms with E-state index in [1.807, 2.05) is 0 Å². The van der Waals surface area contributed by atoms with E-state index in [1.165, 1.54) is 0 Å². The van der Waals surface area contributed by atoms with Crippen molar-refractivity contribution in [3.63, 3.8) is 0 Å². The molecule has 0 amide bonds. The summed E-state index contributed by atoms with van der Waals surface area (Å²) in [5.74, 6) is -0.540. The van der Waals surface area contributed by atoms with Gasteiger partial charge in [-0.1, -0.05) is 30.3 Å². The van der Waals surface area contributed by atoms with Gasteiger partial charge in [0, 0.05) is 5.56 Å². The average molecular weight is 213 g/mol. The van der Waals surface area contributed by atoms with Gasteiger partial charge in [0.05, 0.1) is 11.8 Å². The molecule has 1 rings (SSSR count). The summed E-state index contributed by atoms with van der Waals surface area (Å²) in [5.41, 5.74) is 5.91. The molecule has 0 heterocycles. The van der Waals surface area contributed by atoms with Crippen molar-refractivity contribution in [2.75, 3.05) is 5.75 Å². The van der Waals surface area contributed by atoms with Gasteiger partial charge in [0.1, 0.15) is 0 Å². The van der Waals surface area contributed by atoms with Crippen LogP contribution in [0.15, 0.2) is 30.3 Å². The fourth-order valence-corrected chi connectivity index (χ4v) is 1.50. The highest BCUT2D eigenvalue weighted by molar-refractivity contribution is 7.79. The normalized spacial score (nSPS) is 14.7. The van der Waals surface area contributed by atoms with E-state index in [4.69, 9.17) is 10.3 Å². The molecular weight excluding hydrogens is 202 g/mol. The van der Waals surface area contributed by atoms with Crippen LogP contribution in [0, 0.1) is 0 Å². The topological polar surface area (TPSA) is 80.4 Å². The van der Waals surface area contributed by atoms with Gasteiger partial charge in [0.25, 0.3) is 0 Å². The quantitative estimate of drug-likeness (QED) is 0.561. The maximum absolute atomic E-state index is 11.5. The number of ketones is 1. The first-order valence-corrected chi connectivity index (χ1v) is 5.31. The Kier molecular flexibility index (Phi) is 3.94. The summed E-state index contributed by atoms with van der Waals surface area (Å²) in [5, 5.41) is 0. The summed E-state index contributed by atoms with van der Waals surface area (Å²) in [6.07, 6.45) is 0. The molecule has 2 unspecified atom stereocenters. The van der Waals surface area contributed by atoms with Gasteiger partial charge in [0.15, 0.2) is 16.9 Å². The van der Waals surface area contributed by atoms with Gasteiger partial charge >= 0.3 is 0 Å². The predicted molar refractivity (Wildman–Crippen MR) is 54.4 cm³/mol. The van der Waals surface area contributed by atoms with Crippen molar-refractivity contribution in [2.45, 2.75) is 6.04 Å². The zero-order valence-corrected chi connectivity index (χ0v) is 8.24. The molecule has 1 aromatic rings. The molecular formula is C9H11NO3S. The number of carbonyl (C=O) groups is 1. The van der Waals surface area contributed by atoms with E-state index in [1.54, 1.807) is 30.3 Å². The van der Waals surface area contributed by atoms with Gasteiger partial charge in [-0.05, 0) is 0 Å². The van der Waals surface area contributed by atoms with Crippen LogP contribution in [0.2, 0.25) is 0 Å². The number of hydrogen-bond acceptors (Lipinski definition) is 3. The summed E-state index contributed by atoms with van der Waals surface area (Å²) in [6, 6.07) is 7.56. The van der Waals surface area contributed by atoms with E-state index < -0.39 is 17.1 Å². The Morgan fingerprint density at radius 3 is 2.50 bits per heavy atom. The van der Waals surface area contributed by atoms with Gasteiger partial charge < -0.3 is 10.3 Å². The molecule has 0 saturated carbocycles. The smallest absolute Gasteiger partial charge is 0.180 e. The molecule has 14 heavy (non-hydrogen) atoms. The second-order valence-corrected chi connectivity index (χ2v) is 3.80. The second-order valence-electron chi connectivity index (χ2n) is 2.82. The number of carbonyl (C=O) groups excluding carboxylic acids is 1. The first-order valence-electron chi connectivity index (χ1n) is 4.03. The van der Waals surface area contributed by atoms with Crippen molar-refractivity contribution in [1.82, 2.24) is 0 Å². The lowest BCUT2D eigenvalue weighted by Gasteiger charge is -2.07. The molecule has 0 fully saturated rings. The van der Waals surface area contributed by atoms with Crippen LogP contribution in [-0.2, 0) is 11.1 Å².